The van der Waals surface area contributed by atoms with Crippen molar-refractivity contribution in [3.05, 3.63) is 12.2 Å². The first kappa shape index (κ1) is 9.15. The maximum Gasteiger partial charge on any atom is 0.155 e. The molecule has 68 valence electrons. The quantitative estimate of drug-likeness (QED) is 0.649. The van der Waals surface area contributed by atoms with Gasteiger partial charge in [0.1, 0.15) is 12.4 Å². The van der Waals surface area contributed by atoms with E-state index in [2.05, 4.69) is 10.1 Å². The van der Waals surface area contributed by atoms with Gasteiger partial charge >= 0.3 is 0 Å². The Hall–Kier alpha value is -0.940. The maximum absolute atomic E-state index is 9.52. The number of aliphatic hydroxyl groups excluding tert-OH is 1. The van der Waals surface area contributed by atoms with Gasteiger partial charge in [0.15, 0.2) is 5.82 Å². The van der Waals surface area contributed by atoms with Crippen LogP contribution < -0.4 is 5.73 Å². The Bertz CT molecular complexity index is 235. The Morgan fingerprint density at radius 2 is 2.50 bits per heavy atom. The Morgan fingerprint density at radius 1 is 1.75 bits per heavy atom. The highest BCUT2D eigenvalue weighted by Crippen LogP contribution is 2.11. The van der Waals surface area contributed by atoms with E-state index < -0.39 is 6.10 Å². The van der Waals surface area contributed by atoms with Crippen molar-refractivity contribution in [1.82, 2.24) is 14.8 Å². The molecule has 1 aromatic rings. The number of aromatic nitrogens is 3. The number of aryl methyl sites for hydroxylation is 1. The fourth-order valence-corrected chi connectivity index (χ4v) is 1.06. The Labute approximate surface area is 71.2 Å². The molecule has 5 heteroatoms. The van der Waals surface area contributed by atoms with E-state index in [4.69, 9.17) is 5.73 Å². The summed E-state index contributed by atoms with van der Waals surface area (Å²) in [4.78, 5) is 3.95. The molecule has 0 saturated carbocycles. The highest BCUT2D eigenvalue weighted by atomic mass is 16.3. The number of rotatable bonds is 4. The van der Waals surface area contributed by atoms with Gasteiger partial charge in [-0.1, -0.05) is 0 Å². The van der Waals surface area contributed by atoms with E-state index in [0.29, 0.717) is 18.8 Å². The third kappa shape index (κ3) is 1.80. The van der Waals surface area contributed by atoms with Crippen LogP contribution in [-0.2, 0) is 6.54 Å². The number of hydrogen-bond acceptors (Lipinski definition) is 4. The summed E-state index contributed by atoms with van der Waals surface area (Å²) in [5, 5.41) is 13.5. The standard InChI is InChI=1S/C7H14N4O/c1-2-11-7(9-5-10-11)6(12)3-4-8/h5-6,12H,2-4,8H2,1H3/t6-/m0/s1. The van der Waals surface area contributed by atoms with E-state index in [9.17, 15) is 5.11 Å². The summed E-state index contributed by atoms with van der Waals surface area (Å²) in [7, 11) is 0. The van der Waals surface area contributed by atoms with Crippen molar-refractivity contribution in [1.29, 1.82) is 0 Å². The van der Waals surface area contributed by atoms with E-state index in [1.165, 1.54) is 6.33 Å². The Morgan fingerprint density at radius 3 is 3.08 bits per heavy atom. The average Bonchev–Trinajstić information content (AvgIpc) is 2.51. The molecule has 0 spiro atoms. The fourth-order valence-electron chi connectivity index (χ4n) is 1.06. The van der Waals surface area contributed by atoms with Crippen molar-refractivity contribution in [2.24, 2.45) is 5.73 Å². The van der Waals surface area contributed by atoms with Crippen molar-refractivity contribution >= 4 is 0 Å². The lowest BCUT2D eigenvalue weighted by Gasteiger charge is -2.08. The molecule has 1 aromatic heterocycles. The second kappa shape index (κ2) is 4.18. The zero-order valence-corrected chi connectivity index (χ0v) is 7.14. The molecule has 1 heterocycles. The monoisotopic (exact) mass is 170 g/mol. The van der Waals surface area contributed by atoms with E-state index >= 15 is 0 Å². The molecule has 5 nitrogen and oxygen atoms in total. The maximum atomic E-state index is 9.52. The van der Waals surface area contributed by atoms with Crippen LogP contribution in [0.3, 0.4) is 0 Å². The van der Waals surface area contributed by atoms with Crippen molar-refractivity contribution in [2.45, 2.75) is 26.0 Å². The zero-order valence-electron chi connectivity index (χ0n) is 7.14. The number of nitrogens with two attached hydrogens (primary N) is 1. The lowest BCUT2D eigenvalue weighted by Crippen LogP contribution is -2.13. The molecular weight excluding hydrogens is 156 g/mol. The van der Waals surface area contributed by atoms with Gasteiger partial charge < -0.3 is 10.8 Å². The van der Waals surface area contributed by atoms with E-state index in [0.717, 1.165) is 6.54 Å². The van der Waals surface area contributed by atoms with Gasteiger partial charge in [-0.2, -0.15) is 5.10 Å². The first-order valence-corrected chi connectivity index (χ1v) is 4.05. The summed E-state index contributed by atoms with van der Waals surface area (Å²) in [6, 6.07) is 0. The van der Waals surface area contributed by atoms with E-state index in [1.54, 1.807) is 4.68 Å². The molecule has 0 radical (unpaired) electrons. The largest absolute Gasteiger partial charge is 0.385 e. The first-order valence-electron chi connectivity index (χ1n) is 4.05. The number of hydrogen-bond donors (Lipinski definition) is 2. The highest BCUT2D eigenvalue weighted by molar-refractivity contribution is 4.89. The highest BCUT2D eigenvalue weighted by Gasteiger charge is 2.12. The van der Waals surface area contributed by atoms with Gasteiger partial charge in [0.2, 0.25) is 0 Å². The summed E-state index contributed by atoms with van der Waals surface area (Å²) in [5.74, 6) is 0.600. The molecule has 1 atom stereocenters. The van der Waals surface area contributed by atoms with Gasteiger partial charge in [0, 0.05) is 6.54 Å². The minimum absolute atomic E-state index is 0.456. The average molecular weight is 170 g/mol. The van der Waals surface area contributed by atoms with Gasteiger partial charge in [0.25, 0.3) is 0 Å². The molecule has 0 unspecified atom stereocenters. The van der Waals surface area contributed by atoms with Gasteiger partial charge in [-0.25, -0.2) is 9.67 Å². The molecule has 3 N–H and O–H groups in total. The summed E-state index contributed by atoms with van der Waals surface area (Å²) in [6.07, 6.45) is 1.38. The second-order valence-corrected chi connectivity index (χ2v) is 2.53. The first-order chi connectivity index (χ1) is 5.79. The number of aliphatic hydroxyl groups is 1. The molecule has 0 fully saturated rings. The number of nitrogens with zero attached hydrogens (tertiary/aromatic N) is 3. The molecule has 0 aliphatic rings. The van der Waals surface area contributed by atoms with E-state index in [1.807, 2.05) is 6.92 Å². The smallest absolute Gasteiger partial charge is 0.155 e. The summed E-state index contributed by atoms with van der Waals surface area (Å²) >= 11 is 0. The van der Waals surface area contributed by atoms with Crippen molar-refractivity contribution < 1.29 is 5.11 Å². The SMILES string of the molecule is CCn1ncnc1[C@@H](O)CCN. The lowest BCUT2D eigenvalue weighted by molar-refractivity contribution is 0.154. The predicted molar refractivity (Wildman–Crippen MR) is 44.3 cm³/mol. The van der Waals surface area contributed by atoms with Gasteiger partial charge in [0.05, 0.1) is 0 Å². The van der Waals surface area contributed by atoms with Crippen molar-refractivity contribution in [3.8, 4) is 0 Å². The van der Waals surface area contributed by atoms with Crippen LogP contribution in [0.15, 0.2) is 6.33 Å². The molecule has 0 saturated heterocycles. The van der Waals surface area contributed by atoms with E-state index in [-0.39, 0.29) is 0 Å². The molecular formula is C7H14N4O. The normalized spacial score (nSPS) is 13.2. The van der Waals surface area contributed by atoms with Gasteiger partial charge in [-0.15, -0.1) is 0 Å². The van der Waals surface area contributed by atoms with Crippen LogP contribution in [0.5, 0.6) is 0 Å². The third-order valence-corrected chi connectivity index (χ3v) is 1.68. The Balaban J connectivity index is 2.71. The molecule has 0 aliphatic carbocycles. The minimum atomic E-state index is -0.586. The van der Waals surface area contributed by atoms with Crippen LogP contribution in [-0.4, -0.2) is 26.4 Å². The van der Waals surface area contributed by atoms with Crippen molar-refractivity contribution in [3.63, 3.8) is 0 Å². The third-order valence-electron chi connectivity index (χ3n) is 1.68. The van der Waals surface area contributed by atoms with Crippen LogP contribution >= 0.6 is 0 Å². The van der Waals surface area contributed by atoms with Crippen LogP contribution in [0, 0.1) is 0 Å². The zero-order chi connectivity index (χ0) is 8.97. The fraction of sp³-hybridized carbons (Fsp3) is 0.714. The summed E-state index contributed by atoms with van der Waals surface area (Å²) < 4.78 is 1.67. The molecule has 0 bridgehead atoms. The molecule has 1 rings (SSSR count). The van der Waals surface area contributed by atoms with Crippen LogP contribution in [0.2, 0.25) is 0 Å². The topological polar surface area (TPSA) is 77.0 Å². The second-order valence-electron chi connectivity index (χ2n) is 2.53. The minimum Gasteiger partial charge on any atom is -0.385 e. The lowest BCUT2D eigenvalue weighted by atomic mass is 10.2. The predicted octanol–water partition coefficient (Wildman–Crippen LogP) is -0.320. The van der Waals surface area contributed by atoms with Gasteiger partial charge in [-0.3, -0.25) is 0 Å². The summed E-state index contributed by atoms with van der Waals surface area (Å²) in [5.41, 5.74) is 5.31. The molecule has 0 aromatic carbocycles. The Kier molecular flexibility index (Phi) is 3.19. The summed E-state index contributed by atoms with van der Waals surface area (Å²) in [6.45, 7) is 3.13. The van der Waals surface area contributed by atoms with Crippen LogP contribution in [0.4, 0.5) is 0 Å². The molecule has 12 heavy (non-hydrogen) atoms. The van der Waals surface area contributed by atoms with Crippen molar-refractivity contribution in [2.75, 3.05) is 6.54 Å². The van der Waals surface area contributed by atoms with Gasteiger partial charge in [-0.05, 0) is 19.9 Å². The van der Waals surface area contributed by atoms with Crippen LogP contribution in [0.1, 0.15) is 25.3 Å². The molecule has 0 aliphatic heterocycles. The molecule has 0 amide bonds. The van der Waals surface area contributed by atoms with Crippen LogP contribution in [0.25, 0.3) is 0 Å².